The van der Waals surface area contributed by atoms with Crippen LogP contribution in [0.4, 0.5) is 11.4 Å². The first kappa shape index (κ1) is 16.4. The van der Waals surface area contributed by atoms with Crippen LogP contribution < -0.4 is 16.2 Å². The number of para-hydroxylation sites is 2. The molecule has 3 rings (SSSR count). The van der Waals surface area contributed by atoms with Crippen molar-refractivity contribution in [2.45, 2.75) is 13.5 Å². The summed E-state index contributed by atoms with van der Waals surface area (Å²) in [5, 5.41) is 12.1. The van der Waals surface area contributed by atoms with Crippen LogP contribution in [0, 0.1) is 6.92 Å². The van der Waals surface area contributed by atoms with Gasteiger partial charge in [-0.25, -0.2) is 5.10 Å². The molecule has 0 saturated heterocycles. The molecule has 0 spiro atoms. The van der Waals surface area contributed by atoms with Crippen molar-refractivity contribution in [3.8, 4) is 0 Å². The molecule has 6 heteroatoms. The van der Waals surface area contributed by atoms with Gasteiger partial charge in [-0.1, -0.05) is 36.4 Å². The molecule has 1 amide bonds. The number of amides is 1. The maximum atomic E-state index is 12.3. The molecule has 3 N–H and O–H groups in total. The molecule has 0 aliphatic heterocycles. The highest BCUT2D eigenvalue weighted by molar-refractivity contribution is 6.04. The third-order valence-electron chi connectivity index (χ3n) is 3.82. The van der Waals surface area contributed by atoms with E-state index in [1.807, 2.05) is 36.4 Å². The molecule has 0 fully saturated rings. The van der Waals surface area contributed by atoms with Crippen LogP contribution in [0.15, 0.2) is 65.5 Å². The van der Waals surface area contributed by atoms with Crippen LogP contribution >= 0.6 is 0 Å². The molecular weight excluding hydrogens is 316 g/mol. The van der Waals surface area contributed by atoms with Crippen molar-refractivity contribution >= 4 is 17.3 Å². The summed E-state index contributed by atoms with van der Waals surface area (Å²) in [5.74, 6) is -0.388. The lowest BCUT2D eigenvalue weighted by Crippen LogP contribution is -2.18. The maximum Gasteiger partial charge on any atom is 0.276 e. The van der Waals surface area contributed by atoms with E-state index in [0.29, 0.717) is 12.2 Å². The molecule has 0 unspecified atom stereocenters. The van der Waals surface area contributed by atoms with E-state index in [0.717, 1.165) is 5.69 Å². The molecule has 0 aliphatic rings. The van der Waals surface area contributed by atoms with Crippen LogP contribution in [0.2, 0.25) is 0 Å². The Balaban J connectivity index is 1.74. The molecular formula is C19H18N4O2. The van der Waals surface area contributed by atoms with Crippen molar-refractivity contribution in [1.29, 1.82) is 0 Å². The van der Waals surface area contributed by atoms with Crippen LogP contribution in [0.3, 0.4) is 0 Å². The number of nitrogens with zero attached hydrogens (tertiary/aromatic N) is 1. The molecule has 126 valence electrons. The van der Waals surface area contributed by atoms with Gasteiger partial charge in [0, 0.05) is 12.6 Å². The quantitative estimate of drug-likeness (QED) is 0.669. The fourth-order valence-corrected chi connectivity index (χ4v) is 2.40. The van der Waals surface area contributed by atoms with E-state index in [9.17, 15) is 9.59 Å². The number of hydrogen-bond acceptors (Lipinski definition) is 4. The lowest BCUT2D eigenvalue weighted by molar-refractivity contribution is 0.102. The molecule has 2 aromatic carbocycles. The first-order chi connectivity index (χ1) is 12.1. The van der Waals surface area contributed by atoms with E-state index in [4.69, 9.17) is 0 Å². The topological polar surface area (TPSA) is 86.9 Å². The van der Waals surface area contributed by atoms with Crippen molar-refractivity contribution in [2.24, 2.45) is 0 Å². The highest BCUT2D eigenvalue weighted by Crippen LogP contribution is 2.22. The van der Waals surface area contributed by atoms with Gasteiger partial charge in [-0.05, 0) is 36.2 Å². The number of aromatic nitrogens is 2. The summed E-state index contributed by atoms with van der Waals surface area (Å²) >= 11 is 0. The minimum Gasteiger partial charge on any atom is -0.379 e. The van der Waals surface area contributed by atoms with E-state index >= 15 is 0 Å². The van der Waals surface area contributed by atoms with Gasteiger partial charge in [0.15, 0.2) is 0 Å². The fraction of sp³-hybridized carbons (Fsp3) is 0.105. The number of aryl methyl sites for hydroxylation is 1. The first-order valence-corrected chi connectivity index (χ1v) is 7.88. The second-order valence-electron chi connectivity index (χ2n) is 5.59. The smallest absolute Gasteiger partial charge is 0.276 e. The van der Waals surface area contributed by atoms with Crippen molar-refractivity contribution in [3.63, 3.8) is 0 Å². The van der Waals surface area contributed by atoms with Crippen molar-refractivity contribution in [2.75, 3.05) is 10.6 Å². The molecule has 1 aromatic heterocycles. The summed E-state index contributed by atoms with van der Waals surface area (Å²) in [7, 11) is 0. The monoisotopic (exact) mass is 334 g/mol. The van der Waals surface area contributed by atoms with Gasteiger partial charge in [-0.2, -0.15) is 5.10 Å². The van der Waals surface area contributed by atoms with E-state index in [1.165, 1.54) is 23.3 Å². The van der Waals surface area contributed by atoms with Gasteiger partial charge in [0.25, 0.3) is 11.5 Å². The van der Waals surface area contributed by atoms with Crippen LogP contribution in [-0.2, 0) is 6.54 Å². The standard InChI is InChI=1S/C19H18N4O2/c1-13-6-2-3-7-14(13)12-20-15-8-4-5-9-16(15)21-19(25)17-10-11-18(24)23-22-17/h2-11,20H,12H2,1H3,(H,21,25)(H,23,24). The average Bonchev–Trinajstić information content (AvgIpc) is 2.62. The number of benzene rings is 2. The fourth-order valence-electron chi connectivity index (χ4n) is 2.40. The number of rotatable bonds is 5. The highest BCUT2D eigenvalue weighted by atomic mass is 16.2. The SMILES string of the molecule is Cc1ccccc1CNc1ccccc1NC(=O)c1ccc(=O)[nH]n1. The van der Waals surface area contributed by atoms with Crippen LogP contribution in [-0.4, -0.2) is 16.1 Å². The Labute approximate surface area is 144 Å². The Morgan fingerprint density at radius 2 is 1.72 bits per heavy atom. The second-order valence-corrected chi connectivity index (χ2v) is 5.59. The number of carbonyl (C=O) groups excluding carboxylic acids is 1. The number of nitrogens with one attached hydrogen (secondary N) is 3. The van der Waals surface area contributed by atoms with Gasteiger partial charge in [0.1, 0.15) is 5.69 Å². The minimum absolute atomic E-state index is 0.147. The molecule has 0 saturated carbocycles. The summed E-state index contributed by atoms with van der Waals surface area (Å²) in [6.45, 7) is 2.71. The number of H-pyrrole nitrogens is 1. The number of hydrogen-bond donors (Lipinski definition) is 3. The Bertz CT molecular complexity index is 929. The molecule has 6 nitrogen and oxygen atoms in total. The van der Waals surface area contributed by atoms with Gasteiger partial charge in [-0.3, -0.25) is 9.59 Å². The zero-order valence-electron chi connectivity index (χ0n) is 13.7. The largest absolute Gasteiger partial charge is 0.379 e. The van der Waals surface area contributed by atoms with Crippen molar-refractivity contribution < 1.29 is 4.79 Å². The average molecular weight is 334 g/mol. The normalized spacial score (nSPS) is 10.3. The zero-order chi connectivity index (χ0) is 17.6. The number of carbonyl (C=O) groups is 1. The summed E-state index contributed by atoms with van der Waals surface area (Å²) < 4.78 is 0. The van der Waals surface area contributed by atoms with E-state index in [-0.39, 0.29) is 17.2 Å². The Morgan fingerprint density at radius 1 is 1.00 bits per heavy atom. The van der Waals surface area contributed by atoms with E-state index < -0.39 is 0 Å². The first-order valence-electron chi connectivity index (χ1n) is 7.88. The van der Waals surface area contributed by atoms with Gasteiger partial charge in [0.2, 0.25) is 0 Å². The van der Waals surface area contributed by atoms with Crippen LogP contribution in [0.25, 0.3) is 0 Å². The predicted octanol–water partition coefficient (Wildman–Crippen LogP) is 2.94. The molecule has 0 atom stereocenters. The van der Waals surface area contributed by atoms with Gasteiger partial charge in [-0.15, -0.1) is 0 Å². The van der Waals surface area contributed by atoms with Gasteiger partial charge in [0.05, 0.1) is 11.4 Å². The third kappa shape index (κ3) is 4.11. The van der Waals surface area contributed by atoms with Crippen LogP contribution in [0.1, 0.15) is 21.6 Å². The second kappa shape index (κ2) is 7.44. The van der Waals surface area contributed by atoms with Crippen molar-refractivity contribution in [1.82, 2.24) is 10.2 Å². The maximum absolute atomic E-state index is 12.3. The van der Waals surface area contributed by atoms with E-state index in [1.54, 1.807) is 0 Å². The lowest BCUT2D eigenvalue weighted by atomic mass is 10.1. The molecule has 0 bridgehead atoms. The molecule has 0 aliphatic carbocycles. The van der Waals surface area contributed by atoms with Gasteiger partial charge < -0.3 is 10.6 Å². The van der Waals surface area contributed by atoms with Gasteiger partial charge >= 0.3 is 0 Å². The lowest BCUT2D eigenvalue weighted by Gasteiger charge is -2.14. The van der Waals surface area contributed by atoms with E-state index in [2.05, 4.69) is 39.9 Å². The minimum atomic E-state index is -0.388. The summed E-state index contributed by atoms with van der Waals surface area (Å²) in [5.41, 5.74) is 3.64. The predicted molar refractivity (Wildman–Crippen MR) is 97.8 cm³/mol. The van der Waals surface area contributed by atoms with Crippen LogP contribution in [0.5, 0.6) is 0 Å². The summed E-state index contributed by atoms with van der Waals surface area (Å²) in [6.07, 6.45) is 0. The number of anilines is 2. The Morgan fingerprint density at radius 3 is 2.44 bits per heavy atom. The summed E-state index contributed by atoms with van der Waals surface area (Å²) in [4.78, 5) is 23.3. The Hall–Kier alpha value is -3.41. The number of aromatic amines is 1. The summed E-state index contributed by atoms with van der Waals surface area (Å²) in [6, 6.07) is 18.2. The molecule has 3 aromatic rings. The molecule has 1 heterocycles. The zero-order valence-corrected chi connectivity index (χ0v) is 13.7. The molecule has 25 heavy (non-hydrogen) atoms. The van der Waals surface area contributed by atoms with Crippen molar-refractivity contribution in [3.05, 3.63) is 87.8 Å². The highest BCUT2D eigenvalue weighted by Gasteiger charge is 2.10. The Kier molecular flexibility index (Phi) is 4.89. The molecule has 0 radical (unpaired) electrons. The third-order valence-corrected chi connectivity index (χ3v) is 3.82.